The molecule has 0 aromatic heterocycles. The molecule has 4 rings (SSSR count). The first kappa shape index (κ1) is 23.9. The number of hydrogen-bond donors (Lipinski definition) is 3. The van der Waals surface area contributed by atoms with Crippen LogP contribution in [0, 0.1) is 11.2 Å². The fourth-order valence-electron chi connectivity index (χ4n) is 4.12. The van der Waals surface area contributed by atoms with Crippen LogP contribution in [0.15, 0.2) is 66.7 Å². The van der Waals surface area contributed by atoms with E-state index in [4.69, 9.17) is 4.74 Å². The van der Waals surface area contributed by atoms with Crippen molar-refractivity contribution in [2.45, 2.75) is 19.8 Å². The molecule has 1 aliphatic rings. The number of halogens is 1. The number of carbonyl (C=O) groups excluding carboxylic acids is 2. The van der Waals surface area contributed by atoms with Gasteiger partial charge >= 0.3 is 12.1 Å². The molecule has 0 radical (unpaired) electrons. The Labute approximate surface area is 201 Å². The molecule has 7 nitrogen and oxygen atoms in total. The van der Waals surface area contributed by atoms with Gasteiger partial charge in [-0.3, -0.25) is 4.79 Å². The Morgan fingerprint density at radius 2 is 1.57 bits per heavy atom. The van der Waals surface area contributed by atoms with Gasteiger partial charge < -0.3 is 20.5 Å². The van der Waals surface area contributed by atoms with Gasteiger partial charge in [-0.15, -0.1) is 0 Å². The van der Waals surface area contributed by atoms with E-state index in [-0.39, 0.29) is 30.3 Å². The van der Waals surface area contributed by atoms with Crippen molar-refractivity contribution in [3.8, 4) is 11.1 Å². The van der Waals surface area contributed by atoms with Gasteiger partial charge in [-0.2, -0.15) is 0 Å². The summed E-state index contributed by atoms with van der Waals surface area (Å²) >= 11 is 0. The van der Waals surface area contributed by atoms with E-state index in [1.807, 2.05) is 48.5 Å². The summed E-state index contributed by atoms with van der Waals surface area (Å²) in [6, 6.07) is 19.0. The molecule has 0 heterocycles. The molecule has 3 aromatic rings. The first-order chi connectivity index (χ1) is 16.7. The van der Waals surface area contributed by atoms with Crippen LogP contribution in [0.3, 0.4) is 0 Å². The van der Waals surface area contributed by atoms with Crippen molar-refractivity contribution >= 4 is 23.7 Å². The Kier molecular flexibility index (Phi) is 6.55. The molecule has 3 N–H and O–H groups in total. The maximum absolute atomic E-state index is 13.6. The lowest BCUT2D eigenvalue weighted by molar-refractivity contribution is -0.123. The maximum Gasteiger partial charge on any atom is 0.407 e. The zero-order valence-electron chi connectivity index (χ0n) is 19.3. The quantitative estimate of drug-likeness (QED) is 0.444. The third-order valence-corrected chi connectivity index (χ3v) is 6.09. The summed E-state index contributed by atoms with van der Waals surface area (Å²) in [7, 11) is 0. The topological polar surface area (TPSA) is 105 Å². The number of carbonyl (C=O) groups is 3. The number of alkyl carbamates (subject to hydrolysis) is 1. The minimum atomic E-state index is -1.30. The van der Waals surface area contributed by atoms with Crippen molar-refractivity contribution in [2.75, 3.05) is 18.5 Å². The highest BCUT2D eigenvalue weighted by atomic mass is 19.1. The zero-order chi connectivity index (χ0) is 25.2. The lowest BCUT2D eigenvalue weighted by Crippen LogP contribution is -2.42. The van der Waals surface area contributed by atoms with Crippen molar-refractivity contribution in [3.63, 3.8) is 0 Å². The Morgan fingerprint density at radius 1 is 0.971 bits per heavy atom. The van der Waals surface area contributed by atoms with Crippen LogP contribution in [0.4, 0.5) is 14.9 Å². The lowest BCUT2D eigenvalue weighted by atomic mass is 9.92. The van der Waals surface area contributed by atoms with Crippen molar-refractivity contribution in [3.05, 3.63) is 89.2 Å². The van der Waals surface area contributed by atoms with Crippen LogP contribution in [-0.2, 0) is 9.53 Å². The van der Waals surface area contributed by atoms with E-state index in [0.29, 0.717) is 0 Å². The Balaban J connectivity index is 1.36. The van der Waals surface area contributed by atoms with Crippen molar-refractivity contribution in [1.29, 1.82) is 0 Å². The predicted molar refractivity (Wildman–Crippen MR) is 129 cm³/mol. The van der Waals surface area contributed by atoms with Crippen molar-refractivity contribution < 1.29 is 28.6 Å². The number of anilines is 1. The SMILES string of the molecule is CC(C)(CNC(=O)OCC1c2ccccc2-c2ccccc21)C(=O)Nc1cc(F)ccc1C(=O)O. The van der Waals surface area contributed by atoms with Crippen LogP contribution in [-0.4, -0.2) is 36.2 Å². The molecule has 0 atom stereocenters. The van der Waals surface area contributed by atoms with E-state index in [9.17, 15) is 23.9 Å². The van der Waals surface area contributed by atoms with Crippen LogP contribution < -0.4 is 10.6 Å². The van der Waals surface area contributed by atoms with Gasteiger partial charge in [-0.25, -0.2) is 14.0 Å². The van der Waals surface area contributed by atoms with Gasteiger partial charge in [0.2, 0.25) is 5.91 Å². The molecule has 180 valence electrons. The minimum absolute atomic E-state index is 0.0762. The molecule has 2 amide bonds. The molecule has 0 unspecified atom stereocenters. The number of nitrogens with one attached hydrogen (secondary N) is 2. The third kappa shape index (κ3) is 5.01. The summed E-state index contributed by atoms with van der Waals surface area (Å²) in [5.74, 6) is -2.65. The Hall–Kier alpha value is -4.20. The molecule has 3 aromatic carbocycles. The highest BCUT2D eigenvalue weighted by Crippen LogP contribution is 2.44. The second kappa shape index (κ2) is 9.58. The number of carboxylic acid groups (broad SMARTS) is 1. The molecule has 35 heavy (non-hydrogen) atoms. The van der Waals surface area contributed by atoms with Gasteiger partial charge in [0, 0.05) is 12.5 Å². The second-order valence-corrected chi connectivity index (χ2v) is 9.01. The van der Waals surface area contributed by atoms with Gasteiger partial charge in [-0.1, -0.05) is 48.5 Å². The normalized spacial score (nSPS) is 12.4. The summed E-state index contributed by atoms with van der Waals surface area (Å²) in [5, 5.41) is 14.3. The van der Waals surface area contributed by atoms with Gasteiger partial charge in [0.05, 0.1) is 16.7 Å². The summed E-state index contributed by atoms with van der Waals surface area (Å²) in [6.45, 7) is 3.21. The fourth-order valence-corrected chi connectivity index (χ4v) is 4.12. The number of hydrogen-bond acceptors (Lipinski definition) is 4. The Morgan fingerprint density at radius 3 is 2.17 bits per heavy atom. The van der Waals surface area contributed by atoms with E-state index in [2.05, 4.69) is 10.6 Å². The van der Waals surface area contributed by atoms with Crippen LogP contribution >= 0.6 is 0 Å². The summed E-state index contributed by atoms with van der Waals surface area (Å²) in [5.41, 5.74) is 2.89. The molecular weight excluding hydrogens is 451 g/mol. The standard InChI is InChI=1S/C27H25FN2O5/c1-27(2,25(33)30-23-13-16(28)11-12-21(23)24(31)32)15-29-26(34)35-14-22-19-9-5-3-7-17(19)18-8-4-6-10-20(18)22/h3-13,22H,14-15H2,1-2H3,(H,29,34)(H,30,33)(H,31,32). The highest BCUT2D eigenvalue weighted by molar-refractivity contribution is 6.02. The number of amides is 2. The fraction of sp³-hybridized carbons (Fsp3) is 0.222. The predicted octanol–water partition coefficient (Wildman–Crippen LogP) is 5.03. The molecule has 0 fully saturated rings. The van der Waals surface area contributed by atoms with Gasteiger partial charge in [0.1, 0.15) is 12.4 Å². The van der Waals surface area contributed by atoms with E-state index < -0.39 is 29.2 Å². The van der Waals surface area contributed by atoms with Crippen LogP contribution in [0.1, 0.15) is 41.3 Å². The maximum atomic E-state index is 13.6. The molecule has 0 spiro atoms. The second-order valence-electron chi connectivity index (χ2n) is 9.01. The number of aromatic carboxylic acids is 1. The average Bonchev–Trinajstić information content (AvgIpc) is 3.15. The Bertz CT molecular complexity index is 1260. The lowest BCUT2D eigenvalue weighted by Gasteiger charge is -2.24. The minimum Gasteiger partial charge on any atom is -0.478 e. The number of fused-ring (bicyclic) bond motifs is 3. The number of rotatable bonds is 7. The first-order valence-electron chi connectivity index (χ1n) is 11.1. The zero-order valence-corrected chi connectivity index (χ0v) is 19.3. The van der Waals surface area contributed by atoms with Crippen LogP contribution in [0.2, 0.25) is 0 Å². The molecule has 0 saturated carbocycles. The van der Waals surface area contributed by atoms with Crippen LogP contribution in [0.25, 0.3) is 11.1 Å². The van der Waals surface area contributed by atoms with E-state index in [1.54, 1.807) is 13.8 Å². The van der Waals surface area contributed by atoms with E-state index in [1.165, 1.54) is 0 Å². The summed E-state index contributed by atoms with van der Waals surface area (Å²) < 4.78 is 19.1. The average molecular weight is 477 g/mol. The molecule has 0 saturated heterocycles. The molecule has 8 heteroatoms. The summed E-state index contributed by atoms with van der Waals surface area (Å²) in [4.78, 5) is 36.6. The molecule has 0 bridgehead atoms. The number of carboxylic acids is 1. The van der Waals surface area contributed by atoms with Gasteiger partial charge in [-0.05, 0) is 54.3 Å². The van der Waals surface area contributed by atoms with Gasteiger partial charge in [0.25, 0.3) is 0 Å². The highest BCUT2D eigenvalue weighted by Gasteiger charge is 2.31. The first-order valence-corrected chi connectivity index (χ1v) is 11.1. The molecule has 1 aliphatic carbocycles. The van der Waals surface area contributed by atoms with E-state index >= 15 is 0 Å². The van der Waals surface area contributed by atoms with E-state index in [0.717, 1.165) is 40.5 Å². The number of ether oxygens (including phenoxy) is 1. The summed E-state index contributed by atoms with van der Waals surface area (Å²) in [6.07, 6.45) is -0.676. The van der Waals surface area contributed by atoms with Gasteiger partial charge in [0.15, 0.2) is 0 Å². The smallest absolute Gasteiger partial charge is 0.407 e. The van der Waals surface area contributed by atoms with Crippen molar-refractivity contribution in [2.24, 2.45) is 5.41 Å². The van der Waals surface area contributed by atoms with Crippen molar-refractivity contribution in [1.82, 2.24) is 5.32 Å². The molecule has 0 aliphatic heterocycles. The monoisotopic (exact) mass is 476 g/mol. The number of benzene rings is 3. The van der Waals surface area contributed by atoms with Crippen LogP contribution in [0.5, 0.6) is 0 Å². The third-order valence-electron chi connectivity index (χ3n) is 6.09. The largest absolute Gasteiger partial charge is 0.478 e. The molecular formula is C27H25FN2O5.